The molecule has 3 nitrogen and oxygen atoms in total. The van der Waals surface area contributed by atoms with Crippen molar-refractivity contribution in [2.75, 3.05) is 13.1 Å². The van der Waals surface area contributed by atoms with E-state index in [2.05, 4.69) is 41.4 Å². The first kappa shape index (κ1) is 14.5. The van der Waals surface area contributed by atoms with E-state index in [1.54, 1.807) is 0 Å². The second-order valence-corrected chi connectivity index (χ2v) is 7.53. The molecule has 0 radical (unpaired) electrons. The van der Waals surface area contributed by atoms with Crippen LogP contribution in [0.3, 0.4) is 0 Å². The van der Waals surface area contributed by atoms with Gasteiger partial charge in [0.15, 0.2) is 0 Å². The standard InChI is InChI=1S/C16H27N3S/c1-4-13-10-18-16(3,12-6-7-12)11-19(13)14(5-2)15-17-8-9-20-15/h8-9,12-14,18H,4-7,10-11H2,1-3H3. The summed E-state index contributed by atoms with van der Waals surface area (Å²) >= 11 is 1.81. The Hall–Kier alpha value is -0.450. The minimum atomic E-state index is 0.316. The number of thiazole rings is 1. The van der Waals surface area contributed by atoms with Gasteiger partial charge in [-0.25, -0.2) is 4.98 Å². The van der Waals surface area contributed by atoms with E-state index in [0.29, 0.717) is 17.6 Å². The molecule has 1 aliphatic carbocycles. The Bertz CT molecular complexity index is 429. The summed E-state index contributed by atoms with van der Waals surface area (Å²) in [6.07, 6.45) is 7.14. The van der Waals surface area contributed by atoms with Gasteiger partial charge in [-0.05, 0) is 38.5 Å². The highest BCUT2D eigenvalue weighted by Crippen LogP contribution is 2.43. The molecule has 112 valence electrons. The summed E-state index contributed by atoms with van der Waals surface area (Å²) in [5.74, 6) is 0.886. The third-order valence-electron chi connectivity index (χ3n) is 5.19. The monoisotopic (exact) mass is 293 g/mol. The van der Waals surface area contributed by atoms with Crippen LogP contribution >= 0.6 is 11.3 Å². The van der Waals surface area contributed by atoms with Crippen LogP contribution in [0.4, 0.5) is 0 Å². The molecule has 4 heteroatoms. The Labute approximate surface area is 126 Å². The first-order chi connectivity index (χ1) is 9.68. The average molecular weight is 293 g/mol. The van der Waals surface area contributed by atoms with Crippen molar-refractivity contribution in [3.05, 3.63) is 16.6 Å². The molecule has 0 bridgehead atoms. The molecule has 1 aromatic heterocycles. The van der Waals surface area contributed by atoms with Crippen LogP contribution in [0, 0.1) is 5.92 Å². The molecule has 1 saturated carbocycles. The van der Waals surface area contributed by atoms with Crippen molar-refractivity contribution < 1.29 is 0 Å². The second kappa shape index (κ2) is 5.74. The summed E-state index contributed by atoms with van der Waals surface area (Å²) in [4.78, 5) is 7.34. The minimum Gasteiger partial charge on any atom is -0.308 e. The predicted molar refractivity (Wildman–Crippen MR) is 85.1 cm³/mol. The van der Waals surface area contributed by atoms with Crippen molar-refractivity contribution >= 4 is 11.3 Å². The summed E-state index contributed by atoms with van der Waals surface area (Å²) in [7, 11) is 0. The Kier molecular flexibility index (Phi) is 4.16. The maximum Gasteiger partial charge on any atom is 0.110 e. The molecule has 3 atom stereocenters. The Morgan fingerprint density at radius 2 is 2.30 bits per heavy atom. The number of hydrogen-bond acceptors (Lipinski definition) is 4. The minimum absolute atomic E-state index is 0.316. The second-order valence-electron chi connectivity index (χ2n) is 6.60. The van der Waals surface area contributed by atoms with E-state index in [1.807, 2.05) is 17.5 Å². The number of rotatable bonds is 5. The highest BCUT2D eigenvalue weighted by molar-refractivity contribution is 7.09. The van der Waals surface area contributed by atoms with Crippen molar-refractivity contribution in [2.24, 2.45) is 5.92 Å². The van der Waals surface area contributed by atoms with Crippen LogP contribution in [-0.4, -0.2) is 34.6 Å². The molecule has 3 rings (SSSR count). The molecule has 2 aliphatic rings. The van der Waals surface area contributed by atoms with Crippen LogP contribution in [0.2, 0.25) is 0 Å². The summed E-state index contributed by atoms with van der Waals surface area (Å²) < 4.78 is 0. The summed E-state index contributed by atoms with van der Waals surface area (Å²) in [5.41, 5.74) is 0.316. The number of piperazine rings is 1. The van der Waals surface area contributed by atoms with E-state index < -0.39 is 0 Å². The lowest BCUT2D eigenvalue weighted by molar-refractivity contribution is 0.0341. The predicted octanol–water partition coefficient (Wildman–Crippen LogP) is 3.45. The fourth-order valence-corrected chi connectivity index (χ4v) is 4.56. The zero-order chi connectivity index (χ0) is 14.2. The fourth-order valence-electron chi connectivity index (χ4n) is 3.72. The Morgan fingerprint density at radius 3 is 2.85 bits per heavy atom. The molecule has 2 heterocycles. The third kappa shape index (κ3) is 2.66. The van der Waals surface area contributed by atoms with Crippen LogP contribution in [0.15, 0.2) is 11.6 Å². The number of nitrogens with one attached hydrogen (secondary N) is 1. The highest BCUT2D eigenvalue weighted by Gasteiger charge is 2.47. The number of aromatic nitrogens is 1. The summed E-state index contributed by atoms with van der Waals surface area (Å²) in [5, 5.41) is 7.26. The normalized spacial score (nSPS) is 33.2. The van der Waals surface area contributed by atoms with Crippen molar-refractivity contribution in [3.63, 3.8) is 0 Å². The molecule has 0 amide bonds. The molecule has 1 N–H and O–H groups in total. The van der Waals surface area contributed by atoms with Crippen molar-refractivity contribution in [1.82, 2.24) is 15.2 Å². The van der Waals surface area contributed by atoms with Crippen LogP contribution in [0.25, 0.3) is 0 Å². The molecular formula is C16H27N3S. The van der Waals surface area contributed by atoms with E-state index in [0.717, 1.165) is 18.9 Å². The summed E-state index contributed by atoms with van der Waals surface area (Å²) in [6.45, 7) is 9.35. The lowest BCUT2D eigenvalue weighted by Crippen LogP contribution is -2.64. The van der Waals surface area contributed by atoms with Crippen LogP contribution in [0.1, 0.15) is 57.5 Å². The molecule has 0 aromatic carbocycles. The molecule has 1 aliphatic heterocycles. The first-order valence-electron chi connectivity index (χ1n) is 8.08. The van der Waals surface area contributed by atoms with Gasteiger partial charge in [-0.3, -0.25) is 4.90 Å². The topological polar surface area (TPSA) is 28.2 Å². The molecular weight excluding hydrogens is 266 g/mol. The molecule has 20 heavy (non-hydrogen) atoms. The largest absolute Gasteiger partial charge is 0.308 e. The van der Waals surface area contributed by atoms with E-state index in [4.69, 9.17) is 0 Å². The lowest BCUT2D eigenvalue weighted by atomic mass is 9.89. The van der Waals surface area contributed by atoms with Gasteiger partial charge in [-0.2, -0.15) is 0 Å². The van der Waals surface area contributed by atoms with E-state index in [-0.39, 0.29) is 0 Å². The molecule has 0 spiro atoms. The molecule has 3 unspecified atom stereocenters. The zero-order valence-corrected chi connectivity index (χ0v) is 13.7. The quantitative estimate of drug-likeness (QED) is 0.901. The van der Waals surface area contributed by atoms with Gasteiger partial charge in [0.2, 0.25) is 0 Å². The van der Waals surface area contributed by atoms with Gasteiger partial charge in [0, 0.05) is 36.2 Å². The number of nitrogens with zero attached hydrogens (tertiary/aromatic N) is 2. The fraction of sp³-hybridized carbons (Fsp3) is 0.812. The van der Waals surface area contributed by atoms with Crippen molar-refractivity contribution in [1.29, 1.82) is 0 Å². The summed E-state index contributed by atoms with van der Waals surface area (Å²) in [6, 6.07) is 1.15. The van der Waals surface area contributed by atoms with Gasteiger partial charge in [-0.15, -0.1) is 11.3 Å². The smallest absolute Gasteiger partial charge is 0.110 e. The van der Waals surface area contributed by atoms with E-state index in [1.165, 1.54) is 30.8 Å². The number of hydrogen-bond donors (Lipinski definition) is 1. The molecule has 1 saturated heterocycles. The van der Waals surface area contributed by atoms with Gasteiger partial charge in [0.05, 0.1) is 6.04 Å². The average Bonchev–Trinajstić information content (AvgIpc) is 3.19. The Balaban J connectivity index is 1.82. The van der Waals surface area contributed by atoms with Crippen LogP contribution < -0.4 is 5.32 Å². The SMILES string of the molecule is CCC1CNC(C)(C2CC2)CN1C(CC)c1nccs1. The highest BCUT2D eigenvalue weighted by atomic mass is 32.1. The Morgan fingerprint density at radius 1 is 1.50 bits per heavy atom. The maximum absolute atomic E-state index is 4.60. The van der Waals surface area contributed by atoms with Gasteiger partial charge in [0.25, 0.3) is 0 Å². The van der Waals surface area contributed by atoms with Gasteiger partial charge < -0.3 is 5.32 Å². The van der Waals surface area contributed by atoms with Crippen LogP contribution in [-0.2, 0) is 0 Å². The first-order valence-corrected chi connectivity index (χ1v) is 8.96. The third-order valence-corrected chi connectivity index (χ3v) is 6.07. The van der Waals surface area contributed by atoms with Crippen LogP contribution in [0.5, 0.6) is 0 Å². The van der Waals surface area contributed by atoms with Crippen molar-refractivity contribution in [2.45, 2.75) is 64.1 Å². The van der Waals surface area contributed by atoms with Gasteiger partial charge in [0.1, 0.15) is 5.01 Å². The molecule has 1 aromatic rings. The molecule has 2 fully saturated rings. The van der Waals surface area contributed by atoms with Crippen molar-refractivity contribution in [3.8, 4) is 0 Å². The van der Waals surface area contributed by atoms with E-state index >= 15 is 0 Å². The van der Waals surface area contributed by atoms with Gasteiger partial charge in [-0.1, -0.05) is 13.8 Å². The van der Waals surface area contributed by atoms with E-state index in [9.17, 15) is 0 Å². The maximum atomic E-state index is 4.60. The lowest BCUT2D eigenvalue weighted by Gasteiger charge is -2.49. The van der Waals surface area contributed by atoms with Gasteiger partial charge >= 0.3 is 0 Å². The zero-order valence-electron chi connectivity index (χ0n) is 12.9.